The van der Waals surface area contributed by atoms with Gasteiger partial charge >= 0.3 is 0 Å². The molecule has 0 spiro atoms. The Balaban J connectivity index is 2.61. The molecule has 7 heteroatoms. The maximum Gasteiger partial charge on any atom is 0.181 e. The molecule has 0 saturated heterocycles. The van der Waals surface area contributed by atoms with E-state index in [1.807, 2.05) is 6.20 Å². The minimum atomic E-state index is -1.56. The molecule has 0 aliphatic heterocycles. The summed E-state index contributed by atoms with van der Waals surface area (Å²) in [6.45, 7) is 14.2. The molecule has 0 aliphatic carbocycles. The number of hydrogen-bond donors (Lipinski definition) is 0. The minimum absolute atomic E-state index is 0.672. The first kappa shape index (κ1) is 17.0. The first-order valence-electron chi connectivity index (χ1n) is 8.11. The molecule has 22 heavy (non-hydrogen) atoms. The molecule has 2 heterocycles. The Morgan fingerprint density at radius 1 is 0.955 bits per heavy atom. The molecule has 0 saturated carbocycles. The van der Waals surface area contributed by atoms with Crippen LogP contribution in [0.3, 0.4) is 0 Å². The van der Waals surface area contributed by atoms with Crippen LogP contribution < -0.4 is 4.23 Å². The van der Waals surface area contributed by atoms with Crippen molar-refractivity contribution >= 4 is 33.5 Å². The topological polar surface area (TPSA) is 54.8 Å². The van der Waals surface area contributed by atoms with E-state index in [1.165, 1.54) is 24.5 Å². The molecule has 5 nitrogen and oxygen atoms in total. The summed E-state index contributed by atoms with van der Waals surface area (Å²) in [5, 5.41) is 0. The van der Waals surface area contributed by atoms with Gasteiger partial charge in [0, 0.05) is 0 Å². The highest BCUT2D eigenvalue weighted by Crippen LogP contribution is 2.34. The SMILES string of the molecule is CC[Si](CC)(CC)N(c1cnc2ncncc2n1)[Si](C)(C)C. The lowest BCUT2D eigenvalue weighted by Crippen LogP contribution is -2.63. The van der Waals surface area contributed by atoms with E-state index in [9.17, 15) is 0 Å². The molecule has 0 N–H and O–H groups in total. The summed E-state index contributed by atoms with van der Waals surface area (Å²) < 4.78 is 2.71. The lowest BCUT2D eigenvalue weighted by Gasteiger charge is -2.49. The summed E-state index contributed by atoms with van der Waals surface area (Å²) in [7, 11) is -3.12. The molecule has 2 aromatic rings. The Morgan fingerprint density at radius 2 is 1.59 bits per heavy atom. The van der Waals surface area contributed by atoms with E-state index in [0.29, 0.717) is 5.65 Å². The monoisotopic (exact) mass is 333 g/mol. The molecule has 0 bridgehead atoms. The van der Waals surface area contributed by atoms with Crippen molar-refractivity contribution in [2.75, 3.05) is 4.23 Å². The Morgan fingerprint density at radius 3 is 2.14 bits per heavy atom. The molecule has 0 atom stereocenters. The average Bonchev–Trinajstić information content (AvgIpc) is 2.51. The van der Waals surface area contributed by atoms with Gasteiger partial charge in [-0.15, -0.1) is 0 Å². The molecular weight excluding hydrogens is 306 g/mol. The molecule has 2 aromatic heterocycles. The normalized spacial score (nSPS) is 12.6. The second-order valence-electron chi connectivity index (χ2n) is 6.75. The van der Waals surface area contributed by atoms with E-state index in [4.69, 9.17) is 4.98 Å². The summed E-state index contributed by atoms with van der Waals surface area (Å²) in [6.07, 6.45) is 5.20. The number of anilines is 1. The molecule has 0 fully saturated rings. The Hall–Kier alpha value is -1.35. The van der Waals surface area contributed by atoms with Crippen molar-refractivity contribution in [3.63, 3.8) is 0 Å². The third kappa shape index (κ3) is 3.05. The van der Waals surface area contributed by atoms with Crippen LogP contribution in [0.4, 0.5) is 5.82 Å². The highest BCUT2D eigenvalue weighted by molar-refractivity contribution is 7.00. The molecule has 0 aromatic carbocycles. The van der Waals surface area contributed by atoms with Gasteiger partial charge in [-0.2, -0.15) is 0 Å². The zero-order valence-corrected chi connectivity index (χ0v) is 16.6. The Bertz CT molecular complexity index is 629. The highest BCUT2D eigenvalue weighted by atomic mass is 28.4. The summed E-state index contributed by atoms with van der Waals surface area (Å²) in [6, 6.07) is 3.74. The summed E-state index contributed by atoms with van der Waals surface area (Å²) in [5.41, 5.74) is 1.46. The van der Waals surface area contributed by atoms with Crippen LogP contribution in [0.15, 0.2) is 18.7 Å². The molecule has 0 aliphatic rings. The minimum Gasteiger partial charge on any atom is -0.408 e. The fourth-order valence-electron chi connectivity index (χ4n) is 3.40. The molecular formula is C15H27N5Si2. The van der Waals surface area contributed by atoms with Crippen LogP contribution in [0.25, 0.3) is 11.2 Å². The van der Waals surface area contributed by atoms with Crippen molar-refractivity contribution in [1.29, 1.82) is 0 Å². The van der Waals surface area contributed by atoms with Crippen molar-refractivity contribution in [3.05, 3.63) is 18.7 Å². The maximum atomic E-state index is 4.86. The second-order valence-corrected chi connectivity index (χ2v) is 17.0. The summed E-state index contributed by atoms with van der Waals surface area (Å²) in [5.74, 6) is 1.03. The van der Waals surface area contributed by atoms with E-state index in [-0.39, 0.29) is 0 Å². The Kier molecular flexibility index (Phi) is 4.96. The van der Waals surface area contributed by atoms with Gasteiger partial charge in [0.15, 0.2) is 5.65 Å². The predicted octanol–water partition coefficient (Wildman–Crippen LogP) is 4.07. The lowest BCUT2D eigenvalue weighted by molar-refractivity contribution is 1.08. The van der Waals surface area contributed by atoms with E-state index in [1.54, 1.807) is 6.20 Å². The van der Waals surface area contributed by atoms with Crippen molar-refractivity contribution in [3.8, 4) is 0 Å². The Labute approximate surface area is 135 Å². The quantitative estimate of drug-likeness (QED) is 0.746. The standard InChI is InChI=1S/C15H27N5Si2/c1-7-22(8-2,9-3)20(21(4,5)6)14-11-17-15-13(19-14)10-16-12-18-15/h10-12H,7-9H2,1-6H3. The first-order valence-corrected chi connectivity index (χ1v) is 14.1. The van der Waals surface area contributed by atoms with Crippen LogP contribution in [0.5, 0.6) is 0 Å². The number of hydrogen-bond acceptors (Lipinski definition) is 5. The van der Waals surface area contributed by atoms with Crippen LogP contribution in [-0.4, -0.2) is 36.4 Å². The van der Waals surface area contributed by atoms with Crippen LogP contribution in [-0.2, 0) is 0 Å². The van der Waals surface area contributed by atoms with E-state index < -0.39 is 16.5 Å². The lowest BCUT2D eigenvalue weighted by atomic mass is 10.5. The van der Waals surface area contributed by atoms with Gasteiger partial charge in [-0.3, -0.25) is 0 Å². The van der Waals surface area contributed by atoms with Crippen molar-refractivity contribution in [2.45, 2.75) is 58.5 Å². The van der Waals surface area contributed by atoms with Gasteiger partial charge in [-0.25, -0.2) is 19.9 Å². The van der Waals surface area contributed by atoms with E-state index >= 15 is 0 Å². The fourth-order valence-corrected chi connectivity index (χ4v) is 14.3. The fraction of sp³-hybridized carbons (Fsp3) is 0.600. The molecule has 0 amide bonds. The predicted molar refractivity (Wildman–Crippen MR) is 98.2 cm³/mol. The van der Waals surface area contributed by atoms with Crippen LogP contribution in [0.2, 0.25) is 37.8 Å². The van der Waals surface area contributed by atoms with E-state index in [0.717, 1.165) is 11.3 Å². The van der Waals surface area contributed by atoms with Crippen molar-refractivity contribution < 1.29 is 0 Å². The zero-order valence-electron chi connectivity index (χ0n) is 14.6. The third-order valence-electron chi connectivity index (χ3n) is 4.56. The summed E-state index contributed by atoms with van der Waals surface area (Å²) >= 11 is 0. The van der Waals surface area contributed by atoms with Crippen LogP contribution in [0, 0.1) is 0 Å². The highest BCUT2D eigenvalue weighted by Gasteiger charge is 2.42. The van der Waals surface area contributed by atoms with Crippen molar-refractivity contribution in [2.24, 2.45) is 0 Å². The maximum absolute atomic E-state index is 4.86. The molecule has 0 unspecified atom stereocenters. The number of nitrogens with zero attached hydrogens (tertiary/aromatic N) is 5. The molecule has 0 radical (unpaired) electrons. The smallest absolute Gasteiger partial charge is 0.181 e. The average molecular weight is 334 g/mol. The number of rotatable bonds is 6. The zero-order chi connectivity index (χ0) is 16.4. The van der Waals surface area contributed by atoms with Crippen LogP contribution >= 0.6 is 0 Å². The molecule has 2 rings (SSSR count). The van der Waals surface area contributed by atoms with Gasteiger partial charge < -0.3 is 4.23 Å². The van der Waals surface area contributed by atoms with Crippen LogP contribution in [0.1, 0.15) is 20.8 Å². The van der Waals surface area contributed by atoms with Gasteiger partial charge in [-0.1, -0.05) is 40.4 Å². The van der Waals surface area contributed by atoms with Gasteiger partial charge in [0.25, 0.3) is 0 Å². The van der Waals surface area contributed by atoms with Gasteiger partial charge in [0.05, 0.1) is 12.4 Å². The van der Waals surface area contributed by atoms with E-state index in [2.05, 4.69) is 59.6 Å². The first-order chi connectivity index (χ1) is 10.4. The summed E-state index contributed by atoms with van der Waals surface area (Å²) in [4.78, 5) is 17.7. The number of aromatic nitrogens is 4. The van der Waals surface area contributed by atoms with Gasteiger partial charge in [-0.05, 0) is 18.1 Å². The largest absolute Gasteiger partial charge is 0.408 e. The van der Waals surface area contributed by atoms with Gasteiger partial charge in [0.1, 0.15) is 34.1 Å². The third-order valence-corrected chi connectivity index (χ3v) is 14.7. The number of fused-ring (bicyclic) bond motifs is 1. The second kappa shape index (κ2) is 6.41. The van der Waals surface area contributed by atoms with Crippen molar-refractivity contribution in [1.82, 2.24) is 19.9 Å². The molecule has 120 valence electrons. The van der Waals surface area contributed by atoms with Gasteiger partial charge in [0.2, 0.25) is 0 Å².